The number of nitrogens with zero attached hydrogens (tertiary/aromatic N) is 1. The Morgan fingerprint density at radius 1 is 1.41 bits per heavy atom. The molecule has 2 atom stereocenters. The van der Waals surface area contributed by atoms with Gasteiger partial charge in [0.2, 0.25) is 0 Å². The van der Waals surface area contributed by atoms with Gasteiger partial charge in [-0.1, -0.05) is 13.8 Å². The lowest BCUT2D eigenvalue weighted by Crippen LogP contribution is -2.49. The summed E-state index contributed by atoms with van der Waals surface area (Å²) in [4.78, 5) is 2.42. The number of nitrogens with one attached hydrogen (secondary N) is 1. The first-order chi connectivity index (χ1) is 7.96. The molecular formula is C12H26N2O2S. The minimum Gasteiger partial charge on any atom is -0.309 e. The molecule has 1 N–H and O–H groups in total. The van der Waals surface area contributed by atoms with Crippen molar-refractivity contribution in [2.24, 2.45) is 0 Å². The molecule has 0 saturated carbocycles. The first-order valence-corrected chi connectivity index (χ1v) is 8.47. The van der Waals surface area contributed by atoms with Gasteiger partial charge in [-0.3, -0.25) is 0 Å². The summed E-state index contributed by atoms with van der Waals surface area (Å²) >= 11 is 0. The normalized spacial score (nSPS) is 24.8. The fourth-order valence-corrected chi connectivity index (χ4v) is 3.52. The Kier molecular flexibility index (Phi) is 5.89. The van der Waals surface area contributed by atoms with E-state index < -0.39 is 9.84 Å². The van der Waals surface area contributed by atoms with Crippen LogP contribution in [0.2, 0.25) is 0 Å². The van der Waals surface area contributed by atoms with Gasteiger partial charge in [-0.25, -0.2) is 8.42 Å². The third kappa shape index (κ3) is 5.36. The molecule has 0 aromatic carbocycles. The fourth-order valence-electron chi connectivity index (χ4n) is 2.43. The Morgan fingerprint density at radius 2 is 2.12 bits per heavy atom. The van der Waals surface area contributed by atoms with Crippen LogP contribution in [-0.2, 0) is 9.84 Å². The summed E-state index contributed by atoms with van der Waals surface area (Å²) in [6, 6.07) is 0.507. The van der Waals surface area contributed by atoms with Crippen LogP contribution in [0.3, 0.4) is 0 Å². The summed E-state index contributed by atoms with van der Waals surface area (Å²) in [5, 5.41) is 3.45. The molecule has 1 aliphatic heterocycles. The van der Waals surface area contributed by atoms with Gasteiger partial charge in [0.1, 0.15) is 0 Å². The van der Waals surface area contributed by atoms with Gasteiger partial charge in [0, 0.05) is 24.4 Å². The molecule has 1 aliphatic rings. The van der Waals surface area contributed by atoms with Crippen molar-refractivity contribution in [1.29, 1.82) is 0 Å². The minimum atomic E-state index is -2.86. The highest BCUT2D eigenvalue weighted by Gasteiger charge is 2.21. The molecule has 0 aliphatic carbocycles. The summed E-state index contributed by atoms with van der Waals surface area (Å²) in [7, 11) is -2.86. The van der Waals surface area contributed by atoms with Gasteiger partial charge in [-0.05, 0) is 32.9 Å². The standard InChI is InChI=1S/C12H26N2O2S/c1-4-14-8-6-7-12(9-14)13-11(3)10-17(15,16)5-2/h11-13H,4-10H2,1-3H3. The van der Waals surface area contributed by atoms with E-state index in [1.807, 2.05) is 6.92 Å². The van der Waals surface area contributed by atoms with Crippen molar-refractivity contribution in [3.8, 4) is 0 Å². The summed E-state index contributed by atoms with van der Waals surface area (Å²) < 4.78 is 23.0. The second kappa shape index (κ2) is 6.71. The number of hydrogen-bond acceptors (Lipinski definition) is 4. The maximum atomic E-state index is 11.5. The molecule has 1 rings (SSSR count). The fraction of sp³-hybridized carbons (Fsp3) is 1.00. The Labute approximate surface area is 106 Å². The van der Waals surface area contributed by atoms with E-state index in [1.54, 1.807) is 6.92 Å². The number of sulfone groups is 1. The first-order valence-electron chi connectivity index (χ1n) is 6.65. The second-order valence-corrected chi connectivity index (χ2v) is 7.40. The highest BCUT2D eigenvalue weighted by atomic mass is 32.2. The van der Waals surface area contributed by atoms with Gasteiger partial charge in [0.05, 0.1) is 5.75 Å². The molecular weight excluding hydrogens is 236 g/mol. The van der Waals surface area contributed by atoms with E-state index in [4.69, 9.17) is 0 Å². The second-order valence-electron chi connectivity index (χ2n) is 5.00. The van der Waals surface area contributed by atoms with E-state index >= 15 is 0 Å². The summed E-state index contributed by atoms with van der Waals surface area (Å²) in [5.41, 5.74) is 0. The minimum absolute atomic E-state index is 0.0572. The van der Waals surface area contributed by atoms with Gasteiger partial charge in [0.15, 0.2) is 9.84 Å². The summed E-state index contributed by atoms with van der Waals surface area (Å²) in [6.07, 6.45) is 2.37. The predicted octanol–water partition coefficient (Wildman–Crippen LogP) is 0.884. The molecule has 102 valence electrons. The van der Waals surface area contributed by atoms with Crippen LogP contribution < -0.4 is 5.32 Å². The Hall–Kier alpha value is -0.130. The zero-order valence-electron chi connectivity index (χ0n) is 11.3. The van der Waals surface area contributed by atoms with Crippen LogP contribution in [0.1, 0.15) is 33.6 Å². The molecule has 2 unspecified atom stereocenters. The highest BCUT2D eigenvalue weighted by molar-refractivity contribution is 7.91. The summed E-state index contributed by atoms with van der Waals surface area (Å²) in [5.74, 6) is 0.497. The van der Waals surface area contributed by atoms with E-state index in [0.717, 1.165) is 19.5 Å². The van der Waals surface area contributed by atoms with Crippen molar-refractivity contribution in [3.05, 3.63) is 0 Å². The van der Waals surface area contributed by atoms with E-state index in [1.165, 1.54) is 13.0 Å². The van der Waals surface area contributed by atoms with Crippen LogP contribution >= 0.6 is 0 Å². The third-order valence-corrected chi connectivity index (χ3v) is 5.30. The van der Waals surface area contributed by atoms with Gasteiger partial charge in [-0.15, -0.1) is 0 Å². The van der Waals surface area contributed by atoms with Crippen LogP contribution in [0, 0.1) is 0 Å². The van der Waals surface area contributed by atoms with E-state index in [-0.39, 0.29) is 17.5 Å². The monoisotopic (exact) mass is 262 g/mol. The topological polar surface area (TPSA) is 49.4 Å². The van der Waals surface area contributed by atoms with Gasteiger partial charge < -0.3 is 10.2 Å². The number of hydrogen-bond donors (Lipinski definition) is 1. The average Bonchev–Trinajstić information content (AvgIpc) is 2.28. The lowest BCUT2D eigenvalue weighted by molar-refractivity contribution is 0.194. The molecule has 0 spiro atoms. The molecule has 1 fully saturated rings. The number of rotatable bonds is 6. The maximum Gasteiger partial charge on any atom is 0.151 e. The lowest BCUT2D eigenvalue weighted by Gasteiger charge is -2.34. The quantitative estimate of drug-likeness (QED) is 0.772. The van der Waals surface area contributed by atoms with Crippen molar-refractivity contribution in [1.82, 2.24) is 10.2 Å². The largest absolute Gasteiger partial charge is 0.309 e. The van der Waals surface area contributed by atoms with Crippen LogP contribution in [0.4, 0.5) is 0 Å². The molecule has 1 saturated heterocycles. The van der Waals surface area contributed by atoms with Crippen molar-refractivity contribution < 1.29 is 8.42 Å². The van der Waals surface area contributed by atoms with Crippen molar-refractivity contribution in [3.63, 3.8) is 0 Å². The lowest BCUT2D eigenvalue weighted by atomic mass is 10.1. The third-order valence-electron chi connectivity index (χ3n) is 3.42. The van der Waals surface area contributed by atoms with E-state index in [9.17, 15) is 8.42 Å². The van der Waals surface area contributed by atoms with E-state index in [0.29, 0.717) is 6.04 Å². The van der Waals surface area contributed by atoms with Crippen LogP contribution in [0.5, 0.6) is 0 Å². The molecule has 0 aromatic rings. The Bertz CT molecular complexity index is 316. The van der Waals surface area contributed by atoms with E-state index in [2.05, 4.69) is 17.1 Å². The number of likely N-dealkylation sites (tertiary alicyclic amines) is 1. The first kappa shape index (κ1) is 14.9. The van der Waals surface area contributed by atoms with Crippen LogP contribution in [0.15, 0.2) is 0 Å². The number of likely N-dealkylation sites (N-methyl/N-ethyl adjacent to an activating group) is 1. The molecule has 0 radical (unpaired) electrons. The van der Waals surface area contributed by atoms with Crippen molar-refractivity contribution in [2.75, 3.05) is 31.1 Å². The van der Waals surface area contributed by atoms with Crippen LogP contribution in [0.25, 0.3) is 0 Å². The number of piperidine rings is 1. The van der Waals surface area contributed by atoms with Gasteiger partial charge in [0.25, 0.3) is 0 Å². The van der Waals surface area contributed by atoms with Crippen LogP contribution in [-0.4, -0.2) is 56.5 Å². The molecule has 17 heavy (non-hydrogen) atoms. The zero-order chi connectivity index (χ0) is 12.9. The maximum absolute atomic E-state index is 11.5. The SMILES string of the molecule is CCN1CCCC(NC(C)CS(=O)(=O)CC)C1. The Morgan fingerprint density at radius 3 is 2.71 bits per heavy atom. The van der Waals surface area contributed by atoms with Crippen molar-refractivity contribution >= 4 is 9.84 Å². The smallest absolute Gasteiger partial charge is 0.151 e. The van der Waals surface area contributed by atoms with Gasteiger partial charge in [-0.2, -0.15) is 0 Å². The molecule has 0 amide bonds. The predicted molar refractivity (Wildman–Crippen MR) is 72.1 cm³/mol. The highest BCUT2D eigenvalue weighted by Crippen LogP contribution is 2.10. The Balaban J connectivity index is 2.38. The van der Waals surface area contributed by atoms with Crippen molar-refractivity contribution in [2.45, 2.75) is 45.7 Å². The molecule has 5 heteroatoms. The molecule has 4 nitrogen and oxygen atoms in total. The summed E-state index contributed by atoms with van der Waals surface area (Å²) in [6.45, 7) is 9.16. The average molecular weight is 262 g/mol. The molecule has 1 heterocycles. The molecule has 0 bridgehead atoms. The zero-order valence-corrected chi connectivity index (χ0v) is 12.1. The van der Waals surface area contributed by atoms with Gasteiger partial charge >= 0.3 is 0 Å². The molecule has 0 aromatic heterocycles.